The predicted molar refractivity (Wildman–Crippen MR) is 122 cm³/mol. The van der Waals surface area contributed by atoms with Crippen molar-refractivity contribution in [2.24, 2.45) is 0 Å². The maximum atomic E-state index is 12.6. The summed E-state index contributed by atoms with van der Waals surface area (Å²) in [6.07, 6.45) is 0. The molecule has 8 nitrogen and oxygen atoms in total. The number of sulfonamides is 1. The summed E-state index contributed by atoms with van der Waals surface area (Å²) in [5, 5.41) is 12.1. The highest BCUT2D eigenvalue weighted by Gasteiger charge is 2.17. The van der Waals surface area contributed by atoms with Crippen LogP contribution in [-0.4, -0.2) is 32.5 Å². The summed E-state index contributed by atoms with van der Waals surface area (Å²) in [5.74, 6) is -1.63. The highest BCUT2D eigenvalue weighted by atomic mass is 35.5. The largest absolute Gasteiger partial charge is 0.496 e. The molecule has 0 saturated carbocycles. The molecule has 3 aromatic rings. The van der Waals surface area contributed by atoms with Crippen LogP contribution in [0.5, 0.6) is 5.75 Å². The van der Waals surface area contributed by atoms with Crippen LogP contribution in [0.2, 0.25) is 10.0 Å². The van der Waals surface area contributed by atoms with Crippen molar-refractivity contribution < 1.29 is 27.9 Å². The lowest BCUT2D eigenvalue weighted by atomic mass is 10.1. The number of rotatable bonds is 7. The number of benzene rings is 3. The summed E-state index contributed by atoms with van der Waals surface area (Å²) >= 11 is 11.8. The van der Waals surface area contributed by atoms with E-state index < -0.39 is 21.9 Å². The molecule has 0 spiro atoms. The molecule has 166 valence electrons. The predicted octanol–water partition coefficient (Wildman–Crippen LogP) is 4.75. The monoisotopic (exact) mass is 494 g/mol. The maximum Gasteiger partial charge on any atom is 0.339 e. The first kappa shape index (κ1) is 23.4. The zero-order valence-electron chi connectivity index (χ0n) is 16.4. The third kappa shape index (κ3) is 5.50. The normalized spacial score (nSPS) is 11.0. The van der Waals surface area contributed by atoms with E-state index in [4.69, 9.17) is 33.0 Å². The molecule has 0 saturated heterocycles. The van der Waals surface area contributed by atoms with Gasteiger partial charge in [-0.1, -0.05) is 29.3 Å². The van der Waals surface area contributed by atoms with Gasteiger partial charge in [-0.15, -0.1) is 0 Å². The van der Waals surface area contributed by atoms with E-state index >= 15 is 0 Å². The Labute approximate surface area is 193 Å². The molecule has 11 heteroatoms. The number of amides is 1. The zero-order valence-corrected chi connectivity index (χ0v) is 18.8. The van der Waals surface area contributed by atoms with Crippen LogP contribution >= 0.6 is 23.2 Å². The van der Waals surface area contributed by atoms with Gasteiger partial charge in [0.15, 0.2) is 0 Å². The van der Waals surface area contributed by atoms with Crippen molar-refractivity contribution in [2.75, 3.05) is 17.1 Å². The fourth-order valence-electron chi connectivity index (χ4n) is 2.77. The average molecular weight is 495 g/mol. The minimum Gasteiger partial charge on any atom is -0.496 e. The van der Waals surface area contributed by atoms with E-state index in [0.29, 0.717) is 5.69 Å². The number of ether oxygens (including phenoxy) is 1. The molecule has 0 aliphatic heterocycles. The third-order valence-electron chi connectivity index (χ3n) is 4.21. The molecule has 0 aliphatic rings. The fourth-order valence-corrected chi connectivity index (χ4v) is 4.55. The maximum absolute atomic E-state index is 12.6. The van der Waals surface area contributed by atoms with Crippen molar-refractivity contribution in [1.82, 2.24) is 0 Å². The van der Waals surface area contributed by atoms with Crippen LogP contribution in [-0.2, 0) is 10.0 Å². The Morgan fingerprint density at radius 3 is 2.25 bits per heavy atom. The van der Waals surface area contributed by atoms with Gasteiger partial charge in [-0.2, -0.15) is 0 Å². The number of halogens is 2. The van der Waals surface area contributed by atoms with Crippen LogP contribution in [0.1, 0.15) is 20.7 Å². The third-order valence-corrected chi connectivity index (χ3v) is 6.01. The fraction of sp³-hybridized carbons (Fsp3) is 0.0476. The molecular formula is C21H16Cl2N2O6S. The molecule has 32 heavy (non-hydrogen) atoms. The summed E-state index contributed by atoms with van der Waals surface area (Å²) < 4.78 is 32.7. The molecule has 0 fully saturated rings. The highest BCUT2D eigenvalue weighted by Crippen LogP contribution is 2.26. The lowest BCUT2D eigenvalue weighted by Gasteiger charge is -2.12. The summed E-state index contributed by atoms with van der Waals surface area (Å²) in [6, 6.07) is 13.8. The number of carboxylic acids is 1. The number of carbonyl (C=O) groups is 2. The number of carboxylic acid groups (broad SMARTS) is 1. The molecule has 3 aromatic carbocycles. The van der Waals surface area contributed by atoms with E-state index in [-0.39, 0.29) is 37.5 Å². The van der Waals surface area contributed by atoms with Crippen LogP contribution < -0.4 is 14.8 Å². The Morgan fingerprint density at radius 2 is 1.62 bits per heavy atom. The summed E-state index contributed by atoms with van der Waals surface area (Å²) in [7, 11) is -2.69. The van der Waals surface area contributed by atoms with Gasteiger partial charge in [-0.05, 0) is 48.5 Å². The minimum atomic E-state index is -4.00. The van der Waals surface area contributed by atoms with Gasteiger partial charge in [0.1, 0.15) is 11.3 Å². The van der Waals surface area contributed by atoms with E-state index in [9.17, 15) is 18.0 Å². The molecule has 0 radical (unpaired) electrons. The molecule has 0 aromatic heterocycles. The number of hydrogen-bond acceptors (Lipinski definition) is 5. The van der Waals surface area contributed by atoms with E-state index in [2.05, 4.69) is 10.0 Å². The summed E-state index contributed by atoms with van der Waals surface area (Å²) in [6.45, 7) is 0. The van der Waals surface area contributed by atoms with Crippen LogP contribution in [0, 0.1) is 0 Å². The van der Waals surface area contributed by atoms with E-state index in [1.54, 1.807) is 0 Å². The topological polar surface area (TPSA) is 122 Å². The van der Waals surface area contributed by atoms with Crippen LogP contribution in [0.4, 0.5) is 11.4 Å². The van der Waals surface area contributed by atoms with E-state index in [1.165, 1.54) is 67.8 Å². The number of nitrogens with one attached hydrogen (secondary N) is 2. The minimum absolute atomic E-state index is 0.0528. The summed E-state index contributed by atoms with van der Waals surface area (Å²) in [5.41, 5.74) is 0.558. The standard InChI is InChI=1S/C21H16Cl2N2O6S/c1-31-19-11-15(5-6-18(19)21(27)28)24-20(26)12-3-2-4-16(7-12)25-32(29,30)17-9-13(22)8-14(23)10-17/h2-11,25H,1H3,(H,24,26)(H,27,28). The molecule has 0 unspecified atom stereocenters. The van der Waals surface area contributed by atoms with Gasteiger partial charge in [0.2, 0.25) is 0 Å². The van der Waals surface area contributed by atoms with Crippen LogP contribution in [0.15, 0.2) is 65.6 Å². The van der Waals surface area contributed by atoms with Gasteiger partial charge in [0.25, 0.3) is 15.9 Å². The van der Waals surface area contributed by atoms with Crippen molar-refractivity contribution in [3.63, 3.8) is 0 Å². The Balaban J connectivity index is 1.81. The number of hydrogen-bond donors (Lipinski definition) is 3. The van der Waals surface area contributed by atoms with Crippen molar-refractivity contribution in [3.8, 4) is 5.75 Å². The second kappa shape index (κ2) is 9.47. The second-order valence-electron chi connectivity index (χ2n) is 6.47. The van der Waals surface area contributed by atoms with Crippen molar-refractivity contribution in [2.45, 2.75) is 4.90 Å². The number of carbonyl (C=O) groups excluding carboxylic acids is 1. The number of aromatic carboxylic acids is 1. The first-order valence-electron chi connectivity index (χ1n) is 8.91. The molecule has 3 N–H and O–H groups in total. The van der Waals surface area contributed by atoms with Gasteiger partial charge in [-0.25, -0.2) is 13.2 Å². The lowest BCUT2D eigenvalue weighted by Crippen LogP contribution is -2.15. The van der Waals surface area contributed by atoms with Crippen molar-refractivity contribution in [3.05, 3.63) is 81.8 Å². The van der Waals surface area contributed by atoms with E-state index in [0.717, 1.165) is 0 Å². The number of methoxy groups -OCH3 is 1. The molecule has 3 rings (SSSR count). The Morgan fingerprint density at radius 1 is 0.938 bits per heavy atom. The van der Waals surface area contributed by atoms with Crippen LogP contribution in [0.25, 0.3) is 0 Å². The van der Waals surface area contributed by atoms with Crippen LogP contribution in [0.3, 0.4) is 0 Å². The zero-order chi connectivity index (χ0) is 23.5. The Kier molecular flexibility index (Phi) is 6.93. The smallest absolute Gasteiger partial charge is 0.339 e. The lowest BCUT2D eigenvalue weighted by molar-refractivity contribution is 0.0693. The summed E-state index contributed by atoms with van der Waals surface area (Å²) in [4.78, 5) is 23.7. The van der Waals surface area contributed by atoms with E-state index in [1.807, 2.05) is 0 Å². The molecule has 0 atom stereocenters. The van der Waals surface area contributed by atoms with Gasteiger partial charge in [0.05, 0.1) is 12.0 Å². The molecular weight excluding hydrogens is 479 g/mol. The first-order chi connectivity index (χ1) is 15.1. The van der Waals surface area contributed by atoms with Gasteiger partial charge in [-0.3, -0.25) is 9.52 Å². The molecule has 1 amide bonds. The Bertz CT molecular complexity index is 1290. The van der Waals surface area contributed by atoms with Crippen molar-refractivity contribution in [1.29, 1.82) is 0 Å². The molecule has 0 heterocycles. The molecule has 0 bridgehead atoms. The van der Waals surface area contributed by atoms with Gasteiger partial charge < -0.3 is 15.2 Å². The van der Waals surface area contributed by atoms with Gasteiger partial charge >= 0.3 is 5.97 Å². The molecule has 0 aliphatic carbocycles. The first-order valence-corrected chi connectivity index (χ1v) is 11.1. The van der Waals surface area contributed by atoms with Gasteiger partial charge in [0, 0.05) is 33.0 Å². The highest BCUT2D eigenvalue weighted by molar-refractivity contribution is 7.92. The average Bonchev–Trinajstić information content (AvgIpc) is 2.72. The van der Waals surface area contributed by atoms with Crippen molar-refractivity contribution >= 4 is 56.5 Å². The Hall–Kier alpha value is -3.27. The quantitative estimate of drug-likeness (QED) is 0.435. The second-order valence-corrected chi connectivity index (χ2v) is 9.02. The SMILES string of the molecule is COc1cc(NC(=O)c2cccc(NS(=O)(=O)c3cc(Cl)cc(Cl)c3)c2)ccc1C(=O)O. The number of anilines is 2.